The zero-order chi connectivity index (χ0) is 76.4. The molecule has 28 rings (SSSR count). The summed E-state index contributed by atoms with van der Waals surface area (Å²) in [6.07, 6.45) is 1.27. The Bertz CT molecular complexity index is 7580. The van der Waals surface area contributed by atoms with Crippen LogP contribution in [0.25, 0.3) is 110 Å². The van der Waals surface area contributed by atoms with Crippen molar-refractivity contribution in [1.82, 2.24) is 18.3 Å². The zero-order valence-electron chi connectivity index (χ0n) is 65.4. The molecular weight excluding hydrogens is 1430 g/mol. The van der Waals surface area contributed by atoms with Crippen LogP contribution in [0.1, 0.15) is 16.7 Å². The van der Waals surface area contributed by atoms with Crippen LogP contribution in [0.15, 0.2) is 368 Å². The maximum absolute atomic E-state index is 5.89. The number of benzene rings is 16. The second-order valence-corrected chi connectivity index (χ2v) is 43.3. The van der Waals surface area contributed by atoms with E-state index in [1.807, 2.05) is 0 Å². The number of aromatic nitrogens is 4. The number of fused-ring (bicyclic) bond motifs is 22. The Hall–Kier alpha value is -12.1. The summed E-state index contributed by atoms with van der Waals surface area (Å²) in [5.74, 6) is 0. The first kappa shape index (κ1) is 67.3. The quantitative estimate of drug-likeness (QED) is 0.117. The van der Waals surface area contributed by atoms with Gasteiger partial charge in [-0.3, -0.25) is 0 Å². The van der Waals surface area contributed by atoms with Crippen molar-refractivity contribution in [3.05, 3.63) is 381 Å². The topological polar surface area (TPSA) is 32.1 Å². The van der Waals surface area contributed by atoms with Gasteiger partial charge in [0.05, 0.1) is 16.6 Å². The van der Waals surface area contributed by atoms with E-state index in [0.717, 1.165) is 18.6 Å². The molecule has 8 aliphatic heterocycles. The van der Waals surface area contributed by atoms with Gasteiger partial charge >= 0.3 is 209 Å². The monoisotopic (exact) mass is 1500 g/mol. The second kappa shape index (κ2) is 25.2. The van der Waals surface area contributed by atoms with Gasteiger partial charge in [-0.25, -0.2) is 0 Å². The Morgan fingerprint density at radius 1 is 0.293 bits per heavy atom. The van der Waals surface area contributed by atoms with E-state index in [1.54, 1.807) is 5.30 Å². The number of hydrogen-bond acceptors (Lipinski definition) is 1. The first-order valence-corrected chi connectivity index (χ1v) is 46.2. The van der Waals surface area contributed by atoms with Crippen molar-refractivity contribution in [2.75, 3.05) is 0 Å². The van der Waals surface area contributed by atoms with Crippen molar-refractivity contribution in [3.8, 4) is 22.7 Å². The van der Waals surface area contributed by atoms with Gasteiger partial charge in [-0.05, 0) is 101 Å². The van der Waals surface area contributed by atoms with E-state index in [4.69, 9.17) is 4.52 Å². The van der Waals surface area contributed by atoms with Gasteiger partial charge in [-0.1, -0.05) is 259 Å². The Kier molecular flexibility index (Phi) is 14.6. The molecule has 5 nitrogen and oxygen atoms in total. The van der Waals surface area contributed by atoms with Crippen molar-refractivity contribution in [2.45, 2.75) is 20.8 Å². The third kappa shape index (κ3) is 9.65. The molecule has 12 heterocycles. The first-order valence-electron chi connectivity index (χ1n) is 42.0. The van der Waals surface area contributed by atoms with Crippen LogP contribution in [0.5, 0.6) is 0 Å². The minimum atomic E-state index is -1.96. The molecule has 0 atom stereocenters. The Balaban J connectivity index is 0.0000000873. The molecule has 0 N–H and O–H groups in total. The fraction of sp³-hybridized carbons (Fsp3) is 0.0303. The minimum absolute atomic E-state index is 0.0866. The van der Waals surface area contributed by atoms with Gasteiger partial charge in [0.1, 0.15) is 0 Å². The van der Waals surface area contributed by atoms with E-state index in [1.165, 1.54) is 192 Å². The van der Waals surface area contributed by atoms with Gasteiger partial charge in [-0.15, -0.1) is 0 Å². The van der Waals surface area contributed by atoms with Crippen molar-refractivity contribution < 1.29 is 0 Å². The molecule has 8 aliphatic rings. The number of aryl methyl sites for hydroxylation is 3. The van der Waals surface area contributed by atoms with Crippen LogP contribution >= 0.6 is 13.9 Å². The molecule has 4 saturated heterocycles. The number of para-hydroxylation sites is 9. The van der Waals surface area contributed by atoms with Crippen LogP contribution < -0.4 is 70.9 Å². The number of rotatable bonds is 6. The molecule has 20 aromatic rings. The Labute approximate surface area is 680 Å². The van der Waals surface area contributed by atoms with E-state index in [9.17, 15) is 0 Å². The van der Waals surface area contributed by atoms with E-state index in [0.29, 0.717) is 7.06 Å². The summed E-state index contributed by atoms with van der Waals surface area (Å²) in [7, 11) is 0.536. The van der Waals surface area contributed by atoms with Crippen molar-refractivity contribution in [3.63, 3.8) is 0 Å². The van der Waals surface area contributed by atoms with Gasteiger partial charge in [0.25, 0.3) is 0 Å². The summed E-state index contributed by atoms with van der Waals surface area (Å²) in [4.78, 5) is 0. The molecule has 17 heteroatoms. The van der Waals surface area contributed by atoms with Crippen LogP contribution in [0.3, 0.4) is 0 Å². The second-order valence-electron chi connectivity index (χ2n) is 34.7. The predicted molar refractivity (Wildman–Crippen MR) is 518 cm³/mol. The van der Waals surface area contributed by atoms with Gasteiger partial charge in [0, 0.05) is 65.9 Å². The summed E-state index contributed by atoms with van der Waals surface area (Å²) >= 11 is 0. The van der Waals surface area contributed by atoms with E-state index in [-0.39, 0.29) is 41.2 Å². The third-order valence-electron chi connectivity index (χ3n) is 28.3. The number of nitrogens with zero attached hydrogens (tertiary/aromatic N) is 5. The Morgan fingerprint density at radius 2 is 0.647 bits per heavy atom. The zero-order valence-corrected chi connectivity index (χ0v) is 67.2. The maximum atomic E-state index is 5.89. The fourth-order valence-corrected chi connectivity index (χ4v) is 35.2. The standard InChI is InChI=1S/3C25H18BN.C24H19B7N2P2/c1-17-9-7-12-19-20-13-8-15-22-25(20)27(24(17)19)23-16-6-5-14-21(23)26(22)18-10-3-2-4-11-18;1-17-14-15-19-20-10-7-12-22-25(20)27(24(19)16-17)23-13-6-5-11-21(23)26(22)18-8-3-2-4-9-18;1-17-14-15-23-20(16-17)19-10-7-12-22-25(19)27(23)24-13-6-5-11-21(24)26(22)18-8-3-2-4-9-18;1-2-8-16(9-3-1)28-18-11-4-5-13-20(18)33-21-14-7-15-22(23(21)17-10-6-12-19(28)24(17)33)35(26-29(35)27-35)32-34-30-25-31(30)34/h3*2-16H,1H3;1-15H,25-26H2/q;;;-1. The normalized spacial score (nSPS) is 15.2. The molecule has 535 valence electrons. The van der Waals surface area contributed by atoms with Crippen LogP contribution in [-0.4, -0.2) is 84.6 Å². The number of hydrogen-bond donors (Lipinski definition) is 0. The summed E-state index contributed by atoms with van der Waals surface area (Å²) < 4.78 is 15.9. The van der Waals surface area contributed by atoms with Crippen LogP contribution in [-0.2, 0) is 0 Å². The molecule has 0 spiro atoms. The molecule has 4 aromatic heterocycles. The fourth-order valence-electron chi connectivity index (χ4n) is 22.5. The van der Waals surface area contributed by atoms with Gasteiger partial charge < -0.3 is 13.7 Å². The third-order valence-corrected chi connectivity index (χ3v) is 39.6. The van der Waals surface area contributed by atoms with Crippen molar-refractivity contribution >= 4 is 238 Å². The SMILES string of the molecule is Cc1ccc2c(c1)c1cccc3c1n2-c1ccccc1B3c1ccccc1.Cc1ccc2c3cccc4c3n(c2c1)-c1ccccc1B4c1ccccc1.Cc1cccc2c3cccc4c3n(c12)-c1ccccc1B4c1ccccc1.[B]1B2[BH2-]P12(N=[P+]1B2[BH2-]B21)c1cccc2c1c1cccc3c1n2-c1ccccc1B3c1ccccc1. The van der Waals surface area contributed by atoms with Crippen LogP contribution in [0.2, 0.25) is 0 Å². The summed E-state index contributed by atoms with van der Waals surface area (Å²) in [6.45, 7) is 10.5. The predicted octanol–water partition coefficient (Wildman–Crippen LogP) is 13.1. The van der Waals surface area contributed by atoms with Crippen molar-refractivity contribution in [1.29, 1.82) is 0 Å². The summed E-state index contributed by atoms with van der Waals surface area (Å²) in [6, 6.07) is 134. The van der Waals surface area contributed by atoms with E-state index in [2.05, 4.69) is 410 Å². The van der Waals surface area contributed by atoms with E-state index >= 15 is 0 Å². The average Bonchev–Trinajstić information content (AvgIpc) is 1.42. The Morgan fingerprint density at radius 3 is 1.11 bits per heavy atom. The molecule has 0 saturated carbocycles. The molecule has 16 aromatic carbocycles. The van der Waals surface area contributed by atoms with Crippen LogP contribution in [0.4, 0.5) is 0 Å². The molecule has 116 heavy (non-hydrogen) atoms. The molecular formula is C99H73B10N5P2-. The molecule has 0 bridgehead atoms. The molecule has 0 unspecified atom stereocenters. The van der Waals surface area contributed by atoms with Gasteiger partial charge in [0.15, 0.2) is 0 Å². The molecule has 4 fully saturated rings. The summed E-state index contributed by atoms with van der Waals surface area (Å²) in [5, 5.41) is 12.7. The molecule has 1 radical (unpaired) electrons. The van der Waals surface area contributed by atoms with Gasteiger partial charge in [0.2, 0.25) is 20.1 Å². The van der Waals surface area contributed by atoms with E-state index < -0.39 is 6.39 Å². The van der Waals surface area contributed by atoms with Crippen LogP contribution in [0, 0.1) is 20.8 Å². The first-order chi connectivity index (χ1) is 57.3. The molecule has 0 amide bonds. The summed E-state index contributed by atoms with van der Waals surface area (Å²) in [5.41, 5.74) is 36.6. The van der Waals surface area contributed by atoms with Crippen molar-refractivity contribution in [2.24, 2.45) is 4.52 Å². The average molecular weight is 1500 g/mol. The van der Waals surface area contributed by atoms with Gasteiger partial charge in [-0.2, -0.15) is 0 Å². The molecule has 0 aliphatic carbocycles.